The summed E-state index contributed by atoms with van der Waals surface area (Å²) >= 11 is 1.15. The minimum Gasteiger partial charge on any atom is -0.370 e. The zero-order valence-electron chi connectivity index (χ0n) is 21.6. The lowest BCUT2D eigenvalue weighted by Gasteiger charge is -2.26. The number of nitrogens with one attached hydrogen (secondary N) is 3. The van der Waals surface area contributed by atoms with Crippen LogP contribution in [0.1, 0.15) is 34.6 Å². The highest BCUT2D eigenvalue weighted by molar-refractivity contribution is 7.11. The number of rotatable bonds is 10. The van der Waals surface area contributed by atoms with Crippen molar-refractivity contribution in [2.45, 2.75) is 13.8 Å². The molecule has 3 aromatic carbocycles. The van der Waals surface area contributed by atoms with Crippen molar-refractivity contribution in [1.29, 1.82) is 0 Å². The fourth-order valence-corrected chi connectivity index (χ4v) is 5.23. The van der Waals surface area contributed by atoms with E-state index < -0.39 is 4.92 Å². The number of nitro groups is 1. The largest absolute Gasteiger partial charge is 0.370 e. The maximum absolute atomic E-state index is 12.8. The number of non-ortho nitro benzene ring substituents is 1. The first-order chi connectivity index (χ1) is 19.3. The van der Waals surface area contributed by atoms with E-state index in [1.165, 1.54) is 24.0 Å². The molecule has 0 atom stereocenters. The average Bonchev–Trinajstić information content (AvgIpc) is 3.46. The van der Waals surface area contributed by atoms with Crippen LogP contribution in [0.25, 0.3) is 10.9 Å². The molecule has 204 valence electrons. The zero-order chi connectivity index (χ0) is 28.4. The standard InChI is InChI=1S/C27H25N7O5S/c1-3-32(12-13-33-26(36)19-6-4-5-7-20(19)27(33)37)17-8-11-23(24(15-17)28-16(2)35)29-30-25-21-14-18(34(38)39)9-10-22(21)31-40-25/h4-11,14-15,29-30H,3,12-13H2,1-2H3,(H,28,35). The molecule has 3 amide bonds. The molecule has 40 heavy (non-hydrogen) atoms. The molecule has 0 fully saturated rings. The number of fused-ring (bicyclic) bond motifs is 2. The van der Waals surface area contributed by atoms with Crippen LogP contribution < -0.4 is 21.1 Å². The summed E-state index contributed by atoms with van der Waals surface area (Å²) in [6.45, 7) is 4.57. The van der Waals surface area contributed by atoms with Crippen molar-refractivity contribution >= 4 is 67.9 Å². The number of nitrogens with zero attached hydrogens (tertiary/aromatic N) is 4. The number of amides is 3. The molecule has 12 nitrogen and oxygen atoms in total. The van der Waals surface area contributed by atoms with Gasteiger partial charge in [0.1, 0.15) is 5.00 Å². The SMILES string of the molecule is CCN(CCN1C(=O)c2ccccc2C1=O)c1ccc(NNc2snc3ccc([N+](=O)[O-])cc23)c(NC(C)=O)c1. The topological polar surface area (TPSA) is 150 Å². The molecule has 4 aromatic rings. The van der Waals surface area contributed by atoms with Gasteiger partial charge in [0.15, 0.2) is 0 Å². The van der Waals surface area contributed by atoms with Crippen LogP contribution in [-0.2, 0) is 4.79 Å². The van der Waals surface area contributed by atoms with Gasteiger partial charge in [0.25, 0.3) is 17.5 Å². The molecule has 0 spiro atoms. The maximum Gasteiger partial charge on any atom is 0.270 e. The van der Waals surface area contributed by atoms with Gasteiger partial charge in [0, 0.05) is 49.8 Å². The van der Waals surface area contributed by atoms with E-state index in [0.717, 1.165) is 17.2 Å². The van der Waals surface area contributed by atoms with E-state index in [9.17, 15) is 24.5 Å². The molecule has 2 heterocycles. The van der Waals surface area contributed by atoms with Crippen molar-refractivity contribution in [3.8, 4) is 0 Å². The molecular weight excluding hydrogens is 534 g/mol. The van der Waals surface area contributed by atoms with Crippen LogP contribution in [0.2, 0.25) is 0 Å². The number of anilines is 4. The van der Waals surface area contributed by atoms with Crippen LogP contribution in [0.3, 0.4) is 0 Å². The summed E-state index contributed by atoms with van der Waals surface area (Å²) < 4.78 is 4.32. The van der Waals surface area contributed by atoms with Gasteiger partial charge in [-0.05, 0) is 54.9 Å². The van der Waals surface area contributed by atoms with E-state index >= 15 is 0 Å². The van der Waals surface area contributed by atoms with E-state index in [1.807, 2.05) is 17.9 Å². The van der Waals surface area contributed by atoms with Gasteiger partial charge >= 0.3 is 0 Å². The summed E-state index contributed by atoms with van der Waals surface area (Å²) in [5.74, 6) is -0.877. The molecule has 0 aliphatic carbocycles. The third-order valence-electron chi connectivity index (χ3n) is 6.51. The number of aromatic nitrogens is 1. The summed E-state index contributed by atoms with van der Waals surface area (Å²) in [6.07, 6.45) is 0. The lowest BCUT2D eigenvalue weighted by Crippen LogP contribution is -2.38. The van der Waals surface area contributed by atoms with Crippen molar-refractivity contribution in [3.63, 3.8) is 0 Å². The molecular formula is C27H25N7O5S. The highest BCUT2D eigenvalue weighted by Gasteiger charge is 2.34. The number of hydrogen-bond donors (Lipinski definition) is 3. The molecule has 0 radical (unpaired) electrons. The molecule has 1 aromatic heterocycles. The van der Waals surface area contributed by atoms with Crippen LogP contribution in [0.4, 0.5) is 27.8 Å². The van der Waals surface area contributed by atoms with E-state index in [4.69, 9.17) is 0 Å². The Morgan fingerprint density at radius 2 is 1.75 bits per heavy atom. The van der Waals surface area contributed by atoms with Crippen molar-refractivity contribution in [2.75, 3.05) is 40.7 Å². The van der Waals surface area contributed by atoms with Crippen molar-refractivity contribution < 1.29 is 19.3 Å². The number of hydrogen-bond acceptors (Lipinski definition) is 10. The smallest absolute Gasteiger partial charge is 0.270 e. The molecule has 0 unspecified atom stereocenters. The van der Waals surface area contributed by atoms with Crippen molar-refractivity contribution in [3.05, 3.63) is 81.9 Å². The van der Waals surface area contributed by atoms with Crippen LogP contribution in [0.15, 0.2) is 60.7 Å². The predicted molar refractivity (Wildman–Crippen MR) is 154 cm³/mol. The molecule has 1 aliphatic rings. The second-order valence-electron chi connectivity index (χ2n) is 9.02. The number of imide groups is 1. The Labute approximate surface area is 232 Å². The highest BCUT2D eigenvalue weighted by Crippen LogP contribution is 2.33. The molecule has 13 heteroatoms. The van der Waals surface area contributed by atoms with Crippen molar-refractivity contribution in [2.24, 2.45) is 0 Å². The number of nitro benzene ring substituents is 1. The first kappa shape index (κ1) is 26.6. The van der Waals surface area contributed by atoms with E-state index in [1.54, 1.807) is 42.5 Å². The molecule has 5 rings (SSSR count). The summed E-state index contributed by atoms with van der Waals surface area (Å²) in [4.78, 5) is 51.5. The van der Waals surface area contributed by atoms with Crippen LogP contribution in [0, 0.1) is 10.1 Å². The number of carbonyl (C=O) groups is 3. The van der Waals surface area contributed by atoms with E-state index in [-0.39, 0.29) is 30.0 Å². The summed E-state index contributed by atoms with van der Waals surface area (Å²) in [5.41, 5.74) is 9.35. The van der Waals surface area contributed by atoms with Gasteiger partial charge in [-0.25, -0.2) is 0 Å². The minimum absolute atomic E-state index is 0.0418. The Balaban J connectivity index is 1.33. The highest BCUT2D eigenvalue weighted by atomic mass is 32.1. The molecule has 1 aliphatic heterocycles. The molecule has 0 saturated carbocycles. The van der Waals surface area contributed by atoms with Gasteiger partial charge in [0.05, 0.1) is 32.9 Å². The molecule has 3 N–H and O–H groups in total. The third kappa shape index (κ3) is 5.14. The average molecular weight is 560 g/mol. The third-order valence-corrected chi connectivity index (χ3v) is 7.31. The van der Waals surface area contributed by atoms with E-state index in [2.05, 4.69) is 20.5 Å². The van der Waals surface area contributed by atoms with Crippen LogP contribution in [0.5, 0.6) is 0 Å². The lowest BCUT2D eigenvalue weighted by atomic mass is 10.1. The first-order valence-corrected chi connectivity index (χ1v) is 13.2. The fourth-order valence-electron chi connectivity index (χ4n) is 4.52. The number of benzene rings is 3. The quantitative estimate of drug-likeness (QED) is 0.142. The van der Waals surface area contributed by atoms with Gasteiger partial charge < -0.3 is 10.2 Å². The lowest BCUT2D eigenvalue weighted by molar-refractivity contribution is -0.384. The minimum atomic E-state index is -0.463. The van der Waals surface area contributed by atoms with Gasteiger partial charge in [-0.2, -0.15) is 4.37 Å². The molecule has 0 bridgehead atoms. The maximum atomic E-state index is 12.8. The summed E-state index contributed by atoms with van der Waals surface area (Å²) in [6, 6.07) is 16.7. The Hall–Kier alpha value is -5.04. The Morgan fingerprint density at radius 3 is 2.40 bits per heavy atom. The second-order valence-corrected chi connectivity index (χ2v) is 9.79. The van der Waals surface area contributed by atoms with Crippen LogP contribution >= 0.6 is 11.5 Å². The number of carbonyl (C=O) groups excluding carboxylic acids is 3. The zero-order valence-corrected chi connectivity index (χ0v) is 22.4. The Bertz CT molecular complexity index is 1620. The monoisotopic (exact) mass is 559 g/mol. The van der Waals surface area contributed by atoms with Gasteiger partial charge in [-0.3, -0.25) is 40.2 Å². The summed E-state index contributed by atoms with van der Waals surface area (Å²) in [5, 5.41) is 15.2. The van der Waals surface area contributed by atoms with Gasteiger partial charge in [-0.15, -0.1) is 0 Å². The normalized spacial score (nSPS) is 12.4. The number of hydrazine groups is 1. The Morgan fingerprint density at radius 1 is 1.02 bits per heavy atom. The second kappa shape index (κ2) is 11.0. The first-order valence-electron chi connectivity index (χ1n) is 12.4. The van der Waals surface area contributed by atoms with E-state index in [0.29, 0.717) is 51.5 Å². The van der Waals surface area contributed by atoms with Gasteiger partial charge in [-0.1, -0.05) is 12.1 Å². The van der Waals surface area contributed by atoms with Crippen molar-refractivity contribution in [1.82, 2.24) is 9.27 Å². The predicted octanol–water partition coefficient (Wildman–Crippen LogP) is 4.72. The summed E-state index contributed by atoms with van der Waals surface area (Å²) in [7, 11) is 0. The fraction of sp³-hybridized carbons (Fsp3) is 0.185. The molecule has 0 saturated heterocycles. The van der Waals surface area contributed by atoms with Crippen LogP contribution in [-0.4, -0.2) is 51.6 Å². The number of likely N-dealkylation sites (N-methyl/N-ethyl adjacent to an activating group) is 1. The van der Waals surface area contributed by atoms with Gasteiger partial charge in [0.2, 0.25) is 5.91 Å². The Kier molecular flexibility index (Phi) is 7.29.